The van der Waals surface area contributed by atoms with Crippen molar-refractivity contribution in [2.24, 2.45) is 11.8 Å². The third-order valence-corrected chi connectivity index (χ3v) is 3.64. The molecule has 3 rings (SSSR count). The molecule has 1 N–H and O–H groups in total. The Labute approximate surface area is 105 Å². The van der Waals surface area contributed by atoms with E-state index in [1.807, 2.05) is 0 Å². The van der Waals surface area contributed by atoms with Crippen LogP contribution in [0.2, 0.25) is 0 Å². The molecule has 0 bridgehead atoms. The van der Waals surface area contributed by atoms with Gasteiger partial charge >= 0.3 is 5.97 Å². The van der Waals surface area contributed by atoms with Gasteiger partial charge in [0, 0.05) is 26.2 Å². The number of anilines is 1. The number of aromatic nitrogens is 1. The Morgan fingerprint density at radius 2 is 2.28 bits per heavy atom. The molecule has 1 aromatic rings. The lowest BCUT2D eigenvalue weighted by molar-refractivity contribution is 0.0519. The van der Waals surface area contributed by atoms with E-state index in [9.17, 15) is 4.79 Å². The zero-order chi connectivity index (χ0) is 12.5. The van der Waals surface area contributed by atoms with E-state index in [1.54, 1.807) is 6.92 Å². The maximum Gasteiger partial charge on any atom is 0.360 e. The molecule has 0 radical (unpaired) electrons. The molecule has 18 heavy (non-hydrogen) atoms. The molecule has 0 saturated carbocycles. The lowest BCUT2D eigenvalue weighted by Crippen LogP contribution is -2.25. The fraction of sp³-hybridized carbons (Fsp3) is 0.667. The van der Waals surface area contributed by atoms with Gasteiger partial charge in [0.05, 0.1) is 6.61 Å². The smallest absolute Gasteiger partial charge is 0.360 e. The topological polar surface area (TPSA) is 67.6 Å². The summed E-state index contributed by atoms with van der Waals surface area (Å²) < 4.78 is 10.3. The van der Waals surface area contributed by atoms with E-state index in [0.717, 1.165) is 26.2 Å². The van der Waals surface area contributed by atoms with Crippen molar-refractivity contribution in [1.82, 2.24) is 10.3 Å². The second kappa shape index (κ2) is 4.61. The molecule has 2 fully saturated rings. The number of carbonyl (C=O) groups excluding carboxylic acids is 1. The van der Waals surface area contributed by atoms with Crippen molar-refractivity contribution in [1.29, 1.82) is 0 Å². The Kier molecular flexibility index (Phi) is 2.95. The van der Waals surface area contributed by atoms with Crippen molar-refractivity contribution < 1.29 is 13.9 Å². The number of ether oxygens (including phenoxy) is 1. The van der Waals surface area contributed by atoms with Crippen LogP contribution in [-0.2, 0) is 4.74 Å². The van der Waals surface area contributed by atoms with Crippen LogP contribution >= 0.6 is 0 Å². The highest BCUT2D eigenvalue weighted by Gasteiger charge is 2.37. The molecule has 0 spiro atoms. The van der Waals surface area contributed by atoms with E-state index in [4.69, 9.17) is 9.15 Å². The predicted octanol–water partition coefficient (Wildman–Crippen LogP) is 0.507. The molecule has 2 unspecified atom stereocenters. The fourth-order valence-electron chi connectivity index (χ4n) is 2.72. The molecule has 3 heterocycles. The van der Waals surface area contributed by atoms with Gasteiger partial charge < -0.3 is 19.4 Å². The summed E-state index contributed by atoms with van der Waals surface area (Å²) in [5.74, 6) is 0.916. The van der Waals surface area contributed by atoms with Crippen molar-refractivity contribution in [3.63, 3.8) is 0 Å². The van der Waals surface area contributed by atoms with E-state index in [1.165, 1.54) is 6.26 Å². The molecule has 0 aliphatic carbocycles. The van der Waals surface area contributed by atoms with Gasteiger partial charge in [-0.1, -0.05) is 0 Å². The number of hydrogen-bond acceptors (Lipinski definition) is 6. The number of fused-ring (bicyclic) bond motifs is 1. The highest BCUT2D eigenvalue weighted by molar-refractivity contribution is 5.87. The van der Waals surface area contributed by atoms with Gasteiger partial charge in [-0.05, 0) is 18.8 Å². The second-order valence-electron chi connectivity index (χ2n) is 4.82. The van der Waals surface area contributed by atoms with Gasteiger partial charge in [-0.2, -0.15) is 4.98 Å². The van der Waals surface area contributed by atoms with Gasteiger partial charge in [0.25, 0.3) is 6.01 Å². The van der Waals surface area contributed by atoms with Crippen LogP contribution in [0.15, 0.2) is 10.7 Å². The number of oxazole rings is 1. The van der Waals surface area contributed by atoms with Crippen molar-refractivity contribution >= 4 is 12.0 Å². The Bertz CT molecular complexity index is 434. The summed E-state index contributed by atoms with van der Waals surface area (Å²) in [5, 5.41) is 3.38. The summed E-state index contributed by atoms with van der Waals surface area (Å²) in [7, 11) is 0. The van der Waals surface area contributed by atoms with Gasteiger partial charge in [0.15, 0.2) is 5.69 Å². The Morgan fingerprint density at radius 1 is 1.56 bits per heavy atom. The van der Waals surface area contributed by atoms with Gasteiger partial charge in [-0.3, -0.25) is 0 Å². The number of esters is 1. The first kappa shape index (κ1) is 11.5. The normalized spacial score (nSPS) is 26.4. The van der Waals surface area contributed by atoms with Gasteiger partial charge in [-0.15, -0.1) is 0 Å². The van der Waals surface area contributed by atoms with E-state index in [2.05, 4.69) is 15.2 Å². The lowest BCUT2D eigenvalue weighted by atomic mass is 10.0. The molecular formula is C12H17N3O3. The summed E-state index contributed by atoms with van der Waals surface area (Å²) >= 11 is 0. The minimum atomic E-state index is -0.423. The lowest BCUT2D eigenvalue weighted by Gasteiger charge is -2.13. The highest BCUT2D eigenvalue weighted by Crippen LogP contribution is 2.29. The second-order valence-corrected chi connectivity index (χ2v) is 4.82. The standard InChI is InChI=1S/C12H17N3O3/c1-2-17-11(16)10-7-18-12(14-10)15-5-8-3-13-4-9(8)6-15/h7-9,13H,2-6H2,1H3. The monoisotopic (exact) mass is 251 g/mol. The SMILES string of the molecule is CCOC(=O)c1coc(N2CC3CNCC3C2)n1. The zero-order valence-electron chi connectivity index (χ0n) is 10.4. The van der Waals surface area contributed by atoms with Crippen molar-refractivity contribution in [2.45, 2.75) is 6.92 Å². The molecule has 98 valence electrons. The highest BCUT2D eigenvalue weighted by atomic mass is 16.5. The number of carbonyl (C=O) groups is 1. The number of nitrogens with zero attached hydrogens (tertiary/aromatic N) is 2. The van der Waals surface area contributed by atoms with Crippen molar-refractivity contribution in [3.05, 3.63) is 12.0 Å². The molecule has 0 amide bonds. The van der Waals surface area contributed by atoms with Crippen LogP contribution < -0.4 is 10.2 Å². The van der Waals surface area contributed by atoms with Crippen LogP contribution in [-0.4, -0.2) is 43.7 Å². The maximum atomic E-state index is 11.5. The number of rotatable bonds is 3. The largest absolute Gasteiger partial charge is 0.461 e. The van der Waals surface area contributed by atoms with E-state index in [0.29, 0.717) is 24.5 Å². The molecule has 2 aliphatic heterocycles. The van der Waals surface area contributed by atoms with Crippen LogP contribution in [0.5, 0.6) is 0 Å². The van der Waals surface area contributed by atoms with E-state index in [-0.39, 0.29) is 5.69 Å². The first-order chi connectivity index (χ1) is 8.78. The molecule has 2 aliphatic rings. The summed E-state index contributed by atoms with van der Waals surface area (Å²) in [5.41, 5.74) is 0.252. The average Bonchev–Trinajstić information content (AvgIpc) is 3.03. The summed E-state index contributed by atoms with van der Waals surface area (Å²) in [6.45, 7) is 6.13. The number of nitrogens with one attached hydrogen (secondary N) is 1. The molecule has 6 nitrogen and oxygen atoms in total. The summed E-state index contributed by atoms with van der Waals surface area (Å²) in [6, 6.07) is 0.535. The fourth-order valence-corrected chi connectivity index (χ4v) is 2.72. The minimum absolute atomic E-state index is 0.252. The first-order valence-electron chi connectivity index (χ1n) is 6.36. The molecular weight excluding hydrogens is 234 g/mol. The minimum Gasteiger partial charge on any atom is -0.461 e. The third kappa shape index (κ3) is 1.96. The molecule has 2 atom stereocenters. The van der Waals surface area contributed by atoms with Crippen molar-refractivity contribution in [3.8, 4) is 0 Å². The quantitative estimate of drug-likeness (QED) is 0.789. The van der Waals surface area contributed by atoms with Gasteiger partial charge in [-0.25, -0.2) is 4.79 Å². The zero-order valence-corrected chi connectivity index (χ0v) is 10.4. The molecule has 0 aromatic carbocycles. The van der Waals surface area contributed by atoms with Crippen molar-refractivity contribution in [2.75, 3.05) is 37.7 Å². The Hall–Kier alpha value is -1.56. The van der Waals surface area contributed by atoms with Crippen LogP contribution in [0, 0.1) is 11.8 Å². The average molecular weight is 251 g/mol. The summed E-state index contributed by atoms with van der Waals surface area (Å²) in [4.78, 5) is 17.8. The predicted molar refractivity (Wildman–Crippen MR) is 64.5 cm³/mol. The first-order valence-corrected chi connectivity index (χ1v) is 6.36. The summed E-state index contributed by atoms with van der Waals surface area (Å²) in [6.07, 6.45) is 1.37. The van der Waals surface area contributed by atoms with Crippen LogP contribution in [0.1, 0.15) is 17.4 Å². The maximum absolute atomic E-state index is 11.5. The molecule has 1 aromatic heterocycles. The number of hydrogen-bond donors (Lipinski definition) is 1. The van der Waals surface area contributed by atoms with Crippen LogP contribution in [0.25, 0.3) is 0 Å². The third-order valence-electron chi connectivity index (χ3n) is 3.64. The Morgan fingerprint density at radius 3 is 2.94 bits per heavy atom. The molecule has 2 saturated heterocycles. The van der Waals surface area contributed by atoms with Crippen LogP contribution in [0.3, 0.4) is 0 Å². The van der Waals surface area contributed by atoms with Crippen LogP contribution in [0.4, 0.5) is 6.01 Å². The van der Waals surface area contributed by atoms with E-state index < -0.39 is 5.97 Å². The molecule has 6 heteroatoms. The van der Waals surface area contributed by atoms with Gasteiger partial charge in [0.1, 0.15) is 6.26 Å². The van der Waals surface area contributed by atoms with E-state index >= 15 is 0 Å². The Balaban J connectivity index is 1.68. The van der Waals surface area contributed by atoms with Gasteiger partial charge in [0.2, 0.25) is 0 Å².